The Morgan fingerprint density at radius 1 is 1.00 bits per heavy atom. The number of benzene rings is 2. The molecule has 112 valence electrons. The first-order valence-corrected chi connectivity index (χ1v) is 9.20. The number of methoxy groups -OCH3 is 1. The predicted octanol–water partition coefficient (Wildman–Crippen LogP) is 5.27. The van der Waals surface area contributed by atoms with Crippen molar-refractivity contribution < 1.29 is 4.74 Å². The topological polar surface area (TPSA) is 9.23 Å². The monoisotopic (exact) mass is 410 g/mol. The molecule has 0 unspecified atom stereocenters. The molecule has 0 aromatic heterocycles. The van der Waals surface area contributed by atoms with Crippen molar-refractivity contribution in [1.82, 2.24) is 0 Å². The molecular weight excluding hydrogens is 392 g/mol. The van der Waals surface area contributed by atoms with Gasteiger partial charge in [-0.15, -0.1) is 0 Å². The van der Waals surface area contributed by atoms with E-state index in [1.807, 2.05) is 6.07 Å². The quantitative estimate of drug-likeness (QED) is 0.588. The lowest BCUT2D eigenvalue weighted by atomic mass is 9.79. The second-order valence-corrected chi connectivity index (χ2v) is 6.56. The standard InChI is InChI=1S/C18H20Br2O/c1-14-6-8-16(9-7-14)18(12-19,13-20)11-15-4-3-5-17(10-15)21-2/h3-10H,11-13H2,1-2H3. The highest BCUT2D eigenvalue weighted by Crippen LogP contribution is 2.33. The van der Waals surface area contributed by atoms with Gasteiger partial charge in [-0.1, -0.05) is 73.8 Å². The minimum Gasteiger partial charge on any atom is -0.497 e. The molecule has 0 fully saturated rings. The van der Waals surface area contributed by atoms with Crippen LogP contribution in [0, 0.1) is 6.92 Å². The molecule has 2 rings (SSSR count). The zero-order valence-electron chi connectivity index (χ0n) is 12.4. The normalized spacial score (nSPS) is 11.4. The van der Waals surface area contributed by atoms with Crippen molar-refractivity contribution in [2.45, 2.75) is 18.8 Å². The molecule has 2 aromatic carbocycles. The second kappa shape index (κ2) is 7.46. The van der Waals surface area contributed by atoms with Crippen LogP contribution in [0.3, 0.4) is 0 Å². The molecule has 0 N–H and O–H groups in total. The Kier molecular flexibility index (Phi) is 5.88. The van der Waals surface area contributed by atoms with Gasteiger partial charge in [-0.2, -0.15) is 0 Å². The molecule has 0 bridgehead atoms. The molecule has 0 amide bonds. The average Bonchev–Trinajstić information content (AvgIpc) is 2.54. The van der Waals surface area contributed by atoms with Gasteiger partial charge in [-0.05, 0) is 36.6 Å². The van der Waals surface area contributed by atoms with Crippen molar-refractivity contribution >= 4 is 31.9 Å². The lowest BCUT2D eigenvalue weighted by Crippen LogP contribution is -2.33. The van der Waals surface area contributed by atoms with Crippen LogP contribution in [0.15, 0.2) is 48.5 Å². The molecule has 0 spiro atoms. The second-order valence-electron chi connectivity index (χ2n) is 5.44. The molecular formula is C18H20Br2O. The van der Waals surface area contributed by atoms with Gasteiger partial charge in [0.05, 0.1) is 7.11 Å². The number of rotatable bonds is 6. The summed E-state index contributed by atoms with van der Waals surface area (Å²) < 4.78 is 5.33. The summed E-state index contributed by atoms with van der Waals surface area (Å²) in [4.78, 5) is 0. The summed E-state index contributed by atoms with van der Waals surface area (Å²) in [5.74, 6) is 0.912. The van der Waals surface area contributed by atoms with Crippen LogP contribution in [0.1, 0.15) is 16.7 Å². The third-order valence-electron chi connectivity index (χ3n) is 3.85. The van der Waals surface area contributed by atoms with Crippen LogP contribution in [0.4, 0.5) is 0 Å². The molecule has 2 aromatic rings. The molecule has 0 atom stereocenters. The lowest BCUT2D eigenvalue weighted by molar-refractivity contribution is 0.413. The maximum atomic E-state index is 5.33. The van der Waals surface area contributed by atoms with E-state index in [9.17, 15) is 0 Å². The largest absolute Gasteiger partial charge is 0.497 e. The van der Waals surface area contributed by atoms with Crippen molar-refractivity contribution in [1.29, 1.82) is 0 Å². The molecule has 0 heterocycles. The maximum absolute atomic E-state index is 5.33. The van der Waals surface area contributed by atoms with Crippen molar-refractivity contribution in [2.24, 2.45) is 0 Å². The molecule has 1 nitrogen and oxygen atoms in total. The Hall–Kier alpha value is -0.800. The van der Waals surface area contributed by atoms with Gasteiger partial charge in [0.25, 0.3) is 0 Å². The van der Waals surface area contributed by atoms with Crippen LogP contribution >= 0.6 is 31.9 Å². The van der Waals surface area contributed by atoms with Crippen molar-refractivity contribution in [3.8, 4) is 5.75 Å². The minimum absolute atomic E-state index is 0.0417. The number of aryl methyl sites for hydroxylation is 1. The summed E-state index contributed by atoms with van der Waals surface area (Å²) in [6.07, 6.45) is 0.962. The van der Waals surface area contributed by atoms with Gasteiger partial charge in [-0.25, -0.2) is 0 Å². The first kappa shape index (κ1) is 16.6. The van der Waals surface area contributed by atoms with E-state index in [2.05, 4.69) is 81.2 Å². The number of ether oxygens (including phenoxy) is 1. The Bertz CT molecular complexity index is 574. The number of hydrogen-bond acceptors (Lipinski definition) is 1. The van der Waals surface area contributed by atoms with Crippen molar-refractivity contribution in [3.63, 3.8) is 0 Å². The summed E-state index contributed by atoms with van der Waals surface area (Å²) in [7, 11) is 1.71. The third kappa shape index (κ3) is 3.89. The third-order valence-corrected chi connectivity index (χ3v) is 6.00. The molecule has 0 aliphatic heterocycles. The molecule has 0 saturated heterocycles. The van der Waals surface area contributed by atoms with E-state index < -0.39 is 0 Å². The van der Waals surface area contributed by atoms with E-state index in [4.69, 9.17) is 4.74 Å². The average molecular weight is 412 g/mol. The van der Waals surface area contributed by atoms with E-state index in [1.54, 1.807) is 7.11 Å². The smallest absolute Gasteiger partial charge is 0.119 e. The Labute approximate surface area is 144 Å². The summed E-state index contributed by atoms with van der Waals surface area (Å²) in [5.41, 5.74) is 3.97. The minimum atomic E-state index is 0.0417. The Balaban J connectivity index is 2.35. The Morgan fingerprint density at radius 3 is 2.24 bits per heavy atom. The fourth-order valence-electron chi connectivity index (χ4n) is 2.47. The summed E-state index contributed by atoms with van der Waals surface area (Å²) in [6, 6.07) is 17.2. The molecule has 0 radical (unpaired) electrons. The van der Waals surface area contributed by atoms with E-state index >= 15 is 0 Å². The summed E-state index contributed by atoms with van der Waals surface area (Å²) in [6.45, 7) is 2.12. The fourth-order valence-corrected chi connectivity index (χ4v) is 4.44. The van der Waals surface area contributed by atoms with E-state index in [0.29, 0.717) is 0 Å². The van der Waals surface area contributed by atoms with Gasteiger partial charge in [0.1, 0.15) is 5.75 Å². The number of hydrogen-bond donors (Lipinski definition) is 0. The zero-order chi connectivity index (χ0) is 15.3. The van der Waals surface area contributed by atoms with E-state index in [1.165, 1.54) is 16.7 Å². The maximum Gasteiger partial charge on any atom is 0.119 e. The molecule has 3 heteroatoms. The summed E-state index contributed by atoms with van der Waals surface area (Å²) >= 11 is 7.44. The molecule has 0 saturated carbocycles. The van der Waals surface area contributed by atoms with Crippen molar-refractivity contribution in [2.75, 3.05) is 17.8 Å². The predicted molar refractivity (Wildman–Crippen MR) is 97.1 cm³/mol. The zero-order valence-corrected chi connectivity index (χ0v) is 15.6. The Morgan fingerprint density at radius 2 is 1.67 bits per heavy atom. The highest BCUT2D eigenvalue weighted by atomic mass is 79.9. The van der Waals surface area contributed by atoms with Crippen LogP contribution in [-0.4, -0.2) is 17.8 Å². The van der Waals surface area contributed by atoms with Crippen molar-refractivity contribution in [3.05, 3.63) is 65.2 Å². The highest BCUT2D eigenvalue weighted by molar-refractivity contribution is 9.09. The number of halogens is 2. The first-order chi connectivity index (χ1) is 10.1. The molecule has 0 aliphatic rings. The van der Waals surface area contributed by atoms with Gasteiger partial charge >= 0.3 is 0 Å². The molecule has 21 heavy (non-hydrogen) atoms. The van der Waals surface area contributed by atoms with Gasteiger partial charge in [0, 0.05) is 16.1 Å². The lowest BCUT2D eigenvalue weighted by Gasteiger charge is -2.31. The number of alkyl halides is 2. The van der Waals surface area contributed by atoms with Gasteiger partial charge in [-0.3, -0.25) is 0 Å². The summed E-state index contributed by atoms with van der Waals surface area (Å²) in [5, 5.41) is 1.82. The van der Waals surface area contributed by atoms with Gasteiger partial charge in [0.2, 0.25) is 0 Å². The van der Waals surface area contributed by atoms with Crippen LogP contribution < -0.4 is 4.74 Å². The van der Waals surface area contributed by atoms with E-state index in [-0.39, 0.29) is 5.41 Å². The molecule has 0 aliphatic carbocycles. The highest BCUT2D eigenvalue weighted by Gasteiger charge is 2.30. The van der Waals surface area contributed by atoms with Crippen LogP contribution in [0.5, 0.6) is 5.75 Å². The van der Waals surface area contributed by atoms with Gasteiger partial charge < -0.3 is 4.74 Å². The fraction of sp³-hybridized carbons (Fsp3) is 0.333. The van der Waals surface area contributed by atoms with Crippen LogP contribution in [0.25, 0.3) is 0 Å². The SMILES string of the molecule is COc1cccc(CC(CBr)(CBr)c2ccc(C)cc2)c1. The van der Waals surface area contributed by atoms with E-state index in [0.717, 1.165) is 22.8 Å². The van der Waals surface area contributed by atoms with Crippen LogP contribution in [0.2, 0.25) is 0 Å². The van der Waals surface area contributed by atoms with Crippen LogP contribution in [-0.2, 0) is 11.8 Å². The van der Waals surface area contributed by atoms with Gasteiger partial charge in [0.15, 0.2) is 0 Å². The first-order valence-electron chi connectivity index (χ1n) is 6.95.